The average Bonchev–Trinajstić information content (AvgIpc) is 3.37. The van der Waals surface area contributed by atoms with Gasteiger partial charge in [0.2, 0.25) is 10.0 Å². The number of piperidine rings is 2. The summed E-state index contributed by atoms with van der Waals surface area (Å²) in [4.78, 5) is 26.5. The van der Waals surface area contributed by atoms with Gasteiger partial charge in [-0.1, -0.05) is 6.07 Å². The first-order valence-electron chi connectivity index (χ1n) is 12.0. The molecule has 3 aliphatic rings. The SMILES string of the molecule is O=C(O[C@H]1CCOC1)N1CCC(CS(=O)(=O)N2CCC(c3c(F)cccc3F)CC2)(C(=O)NO)CC1. The van der Waals surface area contributed by atoms with Gasteiger partial charge in [0.05, 0.1) is 24.4 Å². The number of nitrogens with one attached hydrogen (secondary N) is 1. The Morgan fingerprint density at radius 1 is 1.11 bits per heavy atom. The van der Waals surface area contributed by atoms with Crippen molar-refractivity contribution in [2.24, 2.45) is 5.41 Å². The third-order valence-electron chi connectivity index (χ3n) is 7.43. The van der Waals surface area contributed by atoms with Gasteiger partial charge in [-0.2, -0.15) is 0 Å². The zero-order valence-corrected chi connectivity index (χ0v) is 20.6. The van der Waals surface area contributed by atoms with Crippen molar-refractivity contribution in [1.29, 1.82) is 0 Å². The topological polar surface area (TPSA) is 125 Å². The Bertz CT molecular complexity index is 1050. The molecule has 10 nitrogen and oxygen atoms in total. The van der Waals surface area contributed by atoms with Gasteiger partial charge in [-0.25, -0.2) is 31.8 Å². The summed E-state index contributed by atoms with van der Waals surface area (Å²) in [7, 11) is -3.96. The monoisotopic (exact) mass is 531 g/mol. The molecule has 0 unspecified atom stereocenters. The summed E-state index contributed by atoms with van der Waals surface area (Å²) in [6, 6.07) is 3.65. The molecule has 200 valence electrons. The van der Waals surface area contributed by atoms with Crippen molar-refractivity contribution in [3.8, 4) is 0 Å². The van der Waals surface area contributed by atoms with E-state index in [4.69, 9.17) is 9.47 Å². The molecule has 4 rings (SSSR count). The van der Waals surface area contributed by atoms with Crippen molar-refractivity contribution >= 4 is 22.0 Å². The number of nitrogens with zero attached hydrogens (tertiary/aromatic N) is 2. The summed E-state index contributed by atoms with van der Waals surface area (Å²) in [6.45, 7) is 1.13. The Morgan fingerprint density at radius 3 is 2.31 bits per heavy atom. The van der Waals surface area contributed by atoms with Gasteiger partial charge in [0.1, 0.15) is 17.7 Å². The maximum absolute atomic E-state index is 14.2. The number of carbonyl (C=O) groups excluding carboxylic acids is 2. The van der Waals surface area contributed by atoms with Gasteiger partial charge in [0.25, 0.3) is 5.91 Å². The number of sulfonamides is 1. The van der Waals surface area contributed by atoms with E-state index in [0.29, 0.717) is 19.6 Å². The van der Waals surface area contributed by atoms with Crippen LogP contribution >= 0.6 is 0 Å². The summed E-state index contributed by atoms with van der Waals surface area (Å²) in [6.07, 6.45) is 0.244. The molecular formula is C23H31F2N3O7S. The molecule has 3 saturated heterocycles. The molecule has 0 saturated carbocycles. The summed E-state index contributed by atoms with van der Waals surface area (Å²) in [5.74, 6) is -3.13. The largest absolute Gasteiger partial charge is 0.444 e. The number of halogens is 2. The molecule has 1 aromatic carbocycles. The molecule has 0 bridgehead atoms. The van der Waals surface area contributed by atoms with Gasteiger partial charge in [0, 0.05) is 38.2 Å². The summed E-state index contributed by atoms with van der Waals surface area (Å²) >= 11 is 0. The molecule has 2 N–H and O–H groups in total. The van der Waals surface area contributed by atoms with Gasteiger partial charge < -0.3 is 14.4 Å². The van der Waals surface area contributed by atoms with E-state index in [1.54, 1.807) is 5.48 Å². The smallest absolute Gasteiger partial charge is 0.410 e. The molecule has 3 heterocycles. The second-order valence-electron chi connectivity index (χ2n) is 9.64. The van der Waals surface area contributed by atoms with E-state index in [0.717, 1.165) is 0 Å². The molecule has 2 amide bonds. The van der Waals surface area contributed by atoms with E-state index >= 15 is 0 Å². The highest BCUT2D eigenvalue weighted by atomic mass is 32.2. The number of hydrogen-bond acceptors (Lipinski definition) is 7. The van der Waals surface area contributed by atoms with Crippen LogP contribution in [0.1, 0.15) is 43.6 Å². The third-order valence-corrected chi connectivity index (χ3v) is 9.50. The standard InChI is InChI=1S/C23H31F2N3O7S/c24-18-2-1-3-19(25)20(18)16-4-9-28(10-5-16)36(32,33)15-23(21(29)26-31)7-11-27(12-8-23)22(30)35-17-6-13-34-14-17/h1-3,16-17,31H,4-15H2,(H,26,29)/t17-/m0/s1. The maximum atomic E-state index is 14.2. The second kappa shape index (κ2) is 11.0. The van der Waals surface area contributed by atoms with Crippen LogP contribution in [0.2, 0.25) is 0 Å². The molecule has 0 radical (unpaired) electrons. The Balaban J connectivity index is 1.39. The van der Waals surface area contributed by atoms with E-state index in [-0.39, 0.29) is 63.5 Å². The summed E-state index contributed by atoms with van der Waals surface area (Å²) < 4.78 is 66.8. The number of hydroxylamine groups is 1. The van der Waals surface area contributed by atoms with E-state index < -0.39 is 50.7 Å². The Kier molecular flexibility index (Phi) is 8.12. The minimum absolute atomic E-state index is 0.0196. The number of rotatable bonds is 6. The highest BCUT2D eigenvalue weighted by Crippen LogP contribution is 2.37. The molecular weight excluding hydrogens is 500 g/mol. The summed E-state index contributed by atoms with van der Waals surface area (Å²) in [5.41, 5.74) is 0.120. The van der Waals surface area contributed by atoms with E-state index in [2.05, 4.69) is 0 Å². The lowest BCUT2D eigenvalue weighted by Crippen LogP contribution is -2.55. The molecule has 0 aliphatic carbocycles. The van der Waals surface area contributed by atoms with E-state index in [1.165, 1.54) is 27.4 Å². The van der Waals surface area contributed by atoms with Crippen LogP contribution in [0.5, 0.6) is 0 Å². The van der Waals surface area contributed by atoms with Crippen LogP contribution in [0.15, 0.2) is 18.2 Å². The van der Waals surface area contributed by atoms with Crippen molar-refractivity contribution in [3.05, 3.63) is 35.4 Å². The van der Waals surface area contributed by atoms with Gasteiger partial charge in [-0.15, -0.1) is 0 Å². The molecule has 1 aromatic rings. The van der Waals surface area contributed by atoms with Gasteiger partial charge in [-0.05, 0) is 43.7 Å². The van der Waals surface area contributed by atoms with Gasteiger partial charge in [-0.3, -0.25) is 10.0 Å². The fourth-order valence-electron chi connectivity index (χ4n) is 5.26. The third kappa shape index (κ3) is 5.63. The van der Waals surface area contributed by atoms with Crippen molar-refractivity contribution in [1.82, 2.24) is 14.7 Å². The van der Waals surface area contributed by atoms with Crippen LogP contribution in [0, 0.1) is 17.0 Å². The lowest BCUT2D eigenvalue weighted by molar-refractivity contribution is -0.141. The van der Waals surface area contributed by atoms with E-state index in [9.17, 15) is 32.0 Å². The zero-order valence-electron chi connectivity index (χ0n) is 19.8. The van der Waals surface area contributed by atoms with Crippen molar-refractivity contribution < 1.29 is 41.5 Å². The van der Waals surface area contributed by atoms with Crippen LogP contribution in [0.25, 0.3) is 0 Å². The van der Waals surface area contributed by atoms with Crippen LogP contribution in [-0.4, -0.2) is 86.1 Å². The Hall–Kier alpha value is -2.35. The Labute approximate surface area is 208 Å². The first kappa shape index (κ1) is 26.7. The Morgan fingerprint density at radius 2 is 1.75 bits per heavy atom. The number of benzene rings is 1. The molecule has 0 aromatic heterocycles. The predicted molar refractivity (Wildman–Crippen MR) is 123 cm³/mol. The quantitative estimate of drug-likeness (QED) is 0.425. The minimum atomic E-state index is -3.96. The molecule has 3 aliphatic heterocycles. The predicted octanol–water partition coefficient (Wildman–Crippen LogP) is 1.99. The molecule has 0 spiro atoms. The van der Waals surface area contributed by atoms with Crippen molar-refractivity contribution in [2.45, 2.75) is 44.1 Å². The number of carbonyl (C=O) groups is 2. The lowest BCUT2D eigenvalue weighted by atomic mass is 9.79. The van der Waals surface area contributed by atoms with E-state index in [1.807, 2.05) is 0 Å². The molecule has 36 heavy (non-hydrogen) atoms. The molecule has 13 heteroatoms. The van der Waals surface area contributed by atoms with Crippen LogP contribution < -0.4 is 5.48 Å². The number of amides is 2. The number of ether oxygens (including phenoxy) is 2. The van der Waals surface area contributed by atoms with Crippen molar-refractivity contribution in [2.75, 3.05) is 45.1 Å². The van der Waals surface area contributed by atoms with Crippen LogP contribution in [0.4, 0.5) is 13.6 Å². The first-order chi connectivity index (χ1) is 17.1. The van der Waals surface area contributed by atoms with Crippen LogP contribution in [0.3, 0.4) is 0 Å². The van der Waals surface area contributed by atoms with Gasteiger partial charge >= 0.3 is 6.09 Å². The zero-order chi connectivity index (χ0) is 25.9. The highest BCUT2D eigenvalue weighted by molar-refractivity contribution is 7.89. The van der Waals surface area contributed by atoms with Crippen molar-refractivity contribution in [3.63, 3.8) is 0 Å². The maximum Gasteiger partial charge on any atom is 0.410 e. The minimum Gasteiger partial charge on any atom is -0.444 e. The number of hydrogen-bond donors (Lipinski definition) is 2. The fraction of sp³-hybridized carbons (Fsp3) is 0.652. The summed E-state index contributed by atoms with van der Waals surface area (Å²) in [5, 5.41) is 9.34. The molecule has 1 atom stereocenters. The second-order valence-corrected chi connectivity index (χ2v) is 11.6. The number of likely N-dealkylation sites (tertiary alicyclic amines) is 1. The fourth-order valence-corrected chi connectivity index (χ4v) is 7.33. The highest BCUT2D eigenvalue weighted by Gasteiger charge is 2.47. The normalized spacial score (nSPS) is 23.4. The lowest BCUT2D eigenvalue weighted by Gasteiger charge is -2.41. The average molecular weight is 532 g/mol. The van der Waals surface area contributed by atoms with Gasteiger partial charge in [0.15, 0.2) is 0 Å². The first-order valence-corrected chi connectivity index (χ1v) is 13.7. The molecule has 3 fully saturated rings. The van der Waals surface area contributed by atoms with Crippen LogP contribution in [-0.2, 0) is 24.3 Å².